The lowest BCUT2D eigenvalue weighted by molar-refractivity contribution is -0.0280. The molecule has 2 rings (SSSR count). The molecule has 0 amide bonds. The van der Waals surface area contributed by atoms with Crippen LogP contribution in [-0.4, -0.2) is 72.0 Å². The predicted octanol–water partition coefficient (Wildman–Crippen LogP) is -0.623. The second-order valence-corrected chi connectivity index (χ2v) is 5.49. The lowest BCUT2D eigenvalue weighted by Crippen LogP contribution is -2.60. The molecule has 3 N–H and O–H groups in total. The summed E-state index contributed by atoms with van der Waals surface area (Å²) in [6.45, 7) is 8.65. The SMILES string of the molecule is CC1CN(C(C(N)C(C)O)N2COC(C)C2)CO1. The van der Waals surface area contributed by atoms with Gasteiger partial charge in [-0.15, -0.1) is 0 Å². The molecule has 4 unspecified atom stereocenters. The minimum atomic E-state index is -0.554. The van der Waals surface area contributed by atoms with E-state index >= 15 is 0 Å². The third-order valence-corrected chi connectivity index (χ3v) is 3.68. The molecule has 2 aliphatic rings. The third kappa shape index (κ3) is 3.01. The van der Waals surface area contributed by atoms with Crippen LogP contribution < -0.4 is 5.73 Å². The lowest BCUT2D eigenvalue weighted by atomic mass is 10.1. The topological polar surface area (TPSA) is 71.2 Å². The Kier molecular flexibility index (Phi) is 4.58. The molecule has 0 aliphatic carbocycles. The molecule has 0 saturated carbocycles. The molecule has 18 heavy (non-hydrogen) atoms. The highest BCUT2D eigenvalue weighted by molar-refractivity contribution is 4.89. The maximum Gasteiger partial charge on any atom is 0.101 e. The first-order valence-electron chi connectivity index (χ1n) is 6.64. The smallest absolute Gasteiger partial charge is 0.101 e. The van der Waals surface area contributed by atoms with Gasteiger partial charge in [-0.1, -0.05) is 0 Å². The molecular weight excluding hydrogens is 234 g/mol. The van der Waals surface area contributed by atoms with E-state index in [1.807, 2.05) is 13.8 Å². The highest BCUT2D eigenvalue weighted by Gasteiger charge is 2.39. The molecule has 0 radical (unpaired) electrons. The van der Waals surface area contributed by atoms with E-state index in [0.29, 0.717) is 13.5 Å². The van der Waals surface area contributed by atoms with Gasteiger partial charge in [0.15, 0.2) is 0 Å². The van der Waals surface area contributed by atoms with E-state index in [1.54, 1.807) is 6.92 Å². The van der Waals surface area contributed by atoms with Crippen LogP contribution >= 0.6 is 0 Å². The number of nitrogens with two attached hydrogens (primary N) is 1. The highest BCUT2D eigenvalue weighted by Crippen LogP contribution is 2.21. The largest absolute Gasteiger partial charge is 0.392 e. The van der Waals surface area contributed by atoms with Crippen LogP contribution in [-0.2, 0) is 9.47 Å². The van der Waals surface area contributed by atoms with Crippen LogP contribution in [0.25, 0.3) is 0 Å². The van der Waals surface area contributed by atoms with Gasteiger partial charge >= 0.3 is 0 Å². The van der Waals surface area contributed by atoms with Crippen molar-refractivity contribution in [3.63, 3.8) is 0 Å². The summed E-state index contributed by atoms with van der Waals surface area (Å²) >= 11 is 0. The number of aliphatic hydroxyl groups excluding tert-OH is 1. The van der Waals surface area contributed by atoms with Gasteiger partial charge in [0.1, 0.15) is 13.5 Å². The molecule has 2 aliphatic heterocycles. The zero-order chi connectivity index (χ0) is 13.3. The summed E-state index contributed by atoms with van der Waals surface area (Å²) in [6.07, 6.45) is -0.147. The second-order valence-electron chi connectivity index (χ2n) is 5.49. The maximum absolute atomic E-state index is 9.78. The number of hydrogen-bond donors (Lipinski definition) is 2. The molecule has 0 aromatic carbocycles. The Morgan fingerprint density at radius 3 is 1.83 bits per heavy atom. The standard InChI is InChI=1S/C12H25N3O3/c1-8-4-14(6-17-8)12(11(13)10(3)16)15-5-9(2)18-7-15/h8-12,16H,4-7,13H2,1-3H3. The van der Waals surface area contributed by atoms with Crippen LogP contribution in [0.5, 0.6) is 0 Å². The van der Waals surface area contributed by atoms with E-state index in [4.69, 9.17) is 15.2 Å². The monoisotopic (exact) mass is 259 g/mol. The Hall–Kier alpha value is -0.240. The Morgan fingerprint density at radius 1 is 1.11 bits per heavy atom. The molecule has 0 spiro atoms. The van der Waals surface area contributed by atoms with Gasteiger partial charge in [0.2, 0.25) is 0 Å². The van der Waals surface area contributed by atoms with Gasteiger partial charge in [-0.3, -0.25) is 9.80 Å². The first-order valence-corrected chi connectivity index (χ1v) is 6.64. The van der Waals surface area contributed by atoms with Crippen molar-refractivity contribution in [3.05, 3.63) is 0 Å². The summed E-state index contributed by atoms with van der Waals surface area (Å²) in [4.78, 5) is 4.37. The first kappa shape index (κ1) is 14.2. The van der Waals surface area contributed by atoms with E-state index < -0.39 is 6.10 Å². The second kappa shape index (κ2) is 5.81. The number of hydrogen-bond acceptors (Lipinski definition) is 6. The van der Waals surface area contributed by atoms with Gasteiger partial charge in [-0.05, 0) is 20.8 Å². The Bertz CT molecular complexity index is 257. The number of aliphatic hydroxyl groups is 1. The fourth-order valence-corrected chi connectivity index (χ4v) is 2.65. The van der Waals surface area contributed by atoms with Crippen LogP contribution in [0.3, 0.4) is 0 Å². The van der Waals surface area contributed by atoms with Crippen LogP contribution in [0.2, 0.25) is 0 Å². The van der Waals surface area contributed by atoms with Crippen molar-refractivity contribution in [2.75, 3.05) is 26.6 Å². The zero-order valence-electron chi connectivity index (χ0n) is 11.5. The molecule has 0 aromatic rings. The van der Waals surface area contributed by atoms with E-state index in [0.717, 1.165) is 13.1 Å². The van der Waals surface area contributed by atoms with Gasteiger partial charge in [0, 0.05) is 13.1 Å². The van der Waals surface area contributed by atoms with Crippen molar-refractivity contribution in [2.45, 2.75) is 51.3 Å². The Morgan fingerprint density at radius 2 is 1.56 bits per heavy atom. The zero-order valence-corrected chi connectivity index (χ0v) is 11.5. The fraction of sp³-hybridized carbons (Fsp3) is 1.00. The summed E-state index contributed by atoms with van der Waals surface area (Å²) in [6, 6.07) is -0.326. The quantitative estimate of drug-likeness (QED) is 0.701. The van der Waals surface area contributed by atoms with Gasteiger partial charge in [0.25, 0.3) is 0 Å². The number of rotatable bonds is 4. The van der Waals surface area contributed by atoms with Crippen molar-refractivity contribution in [1.29, 1.82) is 0 Å². The van der Waals surface area contributed by atoms with E-state index in [9.17, 15) is 5.11 Å². The summed E-state index contributed by atoms with van der Waals surface area (Å²) < 4.78 is 11.2. The molecule has 6 heteroatoms. The summed E-state index contributed by atoms with van der Waals surface area (Å²) in [5.41, 5.74) is 6.17. The van der Waals surface area contributed by atoms with Crippen LogP contribution in [0, 0.1) is 0 Å². The summed E-state index contributed by atoms with van der Waals surface area (Å²) in [5.74, 6) is 0. The molecule has 2 fully saturated rings. The van der Waals surface area contributed by atoms with E-state index in [2.05, 4.69) is 9.80 Å². The van der Waals surface area contributed by atoms with Crippen molar-refractivity contribution in [1.82, 2.24) is 9.80 Å². The Labute approximate surface area is 109 Å². The summed E-state index contributed by atoms with van der Waals surface area (Å²) in [5, 5.41) is 9.78. The molecule has 2 heterocycles. The van der Waals surface area contributed by atoms with Crippen LogP contribution in [0.15, 0.2) is 0 Å². The number of nitrogens with zero attached hydrogens (tertiary/aromatic N) is 2. The Balaban J connectivity index is 2.07. The molecule has 0 bridgehead atoms. The van der Waals surface area contributed by atoms with Crippen molar-refractivity contribution < 1.29 is 14.6 Å². The first-order chi connectivity index (χ1) is 8.49. The third-order valence-electron chi connectivity index (χ3n) is 3.68. The average molecular weight is 259 g/mol. The molecule has 2 saturated heterocycles. The van der Waals surface area contributed by atoms with Crippen LogP contribution in [0.1, 0.15) is 20.8 Å². The van der Waals surface area contributed by atoms with Gasteiger partial charge in [-0.2, -0.15) is 0 Å². The van der Waals surface area contributed by atoms with Gasteiger partial charge < -0.3 is 20.3 Å². The van der Waals surface area contributed by atoms with Crippen molar-refractivity contribution >= 4 is 0 Å². The molecule has 4 atom stereocenters. The van der Waals surface area contributed by atoms with Gasteiger partial charge in [-0.25, -0.2) is 0 Å². The molecule has 6 nitrogen and oxygen atoms in total. The van der Waals surface area contributed by atoms with E-state index in [1.165, 1.54) is 0 Å². The number of ether oxygens (including phenoxy) is 2. The fourth-order valence-electron chi connectivity index (χ4n) is 2.65. The average Bonchev–Trinajstić information content (AvgIpc) is 2.89. The maximum atomic E-state index is 9.78. The summed E-state index contributed by atoms with van der Waals surface area (Å²) in [7, 11) is 0. The molecule has 0 aromatic heterocycles. The van der Waals surface area contributed by atoms with Crippen molar-refractivity contribution in [2.24, 2.45) is 5.73 Å². The molecular formula is C12H25N3O3. The minimum Gasteiger partial charge on any atom is -0.392 e. The van der Waals surface area contributed by atoms with Crippen molar-refractivity contribution in [3.8, 4) is 0 Å². The highest BCUT2D eigenvalue weighted by atomic mass is 16.5. The van der Waals surface area contributed by atoms with Crippen LogP contribution in [0.4, 0.5) is 0 Å². The van der Waals surface area contributed by atoms with Gasteiger partial charge in [0.05, 0.1) is 30.5 Å². The lowest BCUT2D eigenvalue weighted by Gasteiger charge is -2.38. The predicted molar refractivity (Wildman–Crippen MR) is 67.7 cm³/mol. The van der Waals surface area contributed by atoms with E-state index in [-0.39, 0.29) is 24.4 Å². The minimum absolute atomic E-state index is 0.0279. The normalized spacial score (nSPS) is 35.8. The molecule has 106 valence electrons.